The normalized spacial score (nSPS) is 11.1. The molecule has 0 fully saturated rings. The minimum atomic E-state index is -0.517. The van der Waals surface area contributed by atoms with Crippen molar-refractivity contribution < 1.29 is 9.53 Å². The number of benzene rings is 4. The van der Waals surface area contributed by atoms with E-state index in [-0.39, 0.29) is 5.57 Å². The van der Waals surface area contributed by atoms with Gasteiger partial charge in [-0.1, -0.05) is 78.3 Å². The van der Waals surface area contributed by atoms with E-state index in [0.717, 1.165) is 10.9 Å². The molecule has 0 bridgehead atoms. The molecule has 0 saturated heterocycles. The Labute approximate surface area is 191 Å². The summed E-state index contributed by atoms with van der Waals surface area (Å²) in [5.41, 5.74) is 2.26. The van der Waals surface area contributed by atoms with Crippen LogP contribution in [0.15, 0.2) is 96.6 Å². The van der Waals surface area contributed by atoms with Crippen LogP contribution in [0.5, 0.6) is 5.75 Å². The van der Waals surface area contributed by atoms with Crippen LogP contribution in [0.1, 0.15) is 11.1 Å². The predicted octanol–water partition coefficient (Wildman–Crippen LogP) is 6.62. The molecule has 4 aromatic carbocycles. The van der Waals surface area contributed by atoms with Crippen LogP contribution in [0.4, 0.5) is 5.69 Å². The number of anilines is 1. The highest BCUT2D eigenvalue weighted by molar-refractivity contribution is 6.34. The molecule has 0 unspecified atom stereocenters. The van der Waals surface area contributed by atoms with Gasteiger partial charge in [-0.3, -0.25) is 4.79 Å². The summed E-state index contributed by atoms with van der Waals surface area (Å²) in [5.74, 6) is 0.186. The van der Waals surface area contributed by atoms with Crippen molar-refractivity contribution >= 4 is 40.0 Å². The SMILES string of the molecule is N#C/C(=C\c1ccc(OCc2cccc3ccccc23)cc1)C(=O)Nc1ccccc1Cl. The van der Waals surface area contributed by atoms with Gasteiger partial charge in [-0.15, -0.1) is 0 Å². The van der Waals surface area contributed by atoms with Gasteiger partial charge in [-0.25, -0.2) is 0 Å². The van der Waals surface area contributed by atoms with Crippen molar-refractivity contribution in [2.45, 2.75) is 6.61 Å². The first kappa shape index (κ1) is 21.2. The predicted molar refractivity (Wildman–Crippen MR) is 128 cm³/mol. The molecule has 0 radical (unpaired) electrons. The van der Waals surface area contributed by atoms with Crippen LogP contribution < -0.4 is 10.1 Å². The van der Waals surface area contributed by atoms with Crippen LogP contribution in [-0.2, 0) is 11.4 Å². The third-order valence-corrected chi connectivity index (χ3v) is 5.28. The second kappa shape index (κ2) is 9.82. The van der Waals surface area contributed by atoms with E-state index >= 15 is 0 Å². The Morgan fingerprint density at radius 3 is 2.44 bits per heavy atom. The Balaban J connectivity index is 1.44. The number of fused-ring (bicyclic) bond motifs is 1. The molecule has 0 atom stereocenters. The lowest BCUT2D eigenvalue weighted by molar-refractivity contribution is -0.112. The van der Waals surface area contributed by atoms with Crippen molar-refractivity contribution in [3.8, 4) is 11.8 Å². The summed E-state index contributed by atoms with van der Waals surface area (Å²) in [4.78, 5) is 12.4. The number of hydrogen-bond donors (Lipinski definition) is 1. The van der Waals surface area contributed by atoms with Crippen molar-refractivity contribution in [2.24, 2.45) is 0 Å². The summed E-state index contributed by atoms with van der Waals surface area (Å²) in [6.45, 7) is 0.445. The molecule has 1 N–H and O–H groups in total. The zero-order chi connectivity index (χ0) is 22.3. The molecule has 4 aromatic rings. The highest BCUT2D eigenvalue weighted by Gasteiger charge is 2.11. The third kappa shape index (κ3) is 4.97. The van der Waals surface area contributed by atoms with Gasteiger partial charge in [-0.05, 0) is 52.2 Å². The molecule has 5 heteroatoms. The molecule has 0 spiro atoms. The lowest BCUT2D eigenvalue weighted by atomic mass is 10.1. The number of hydrogen-bond acceptors (Lipinski definition) is 3. The maximum absolute atomic E-state index is 12.4. The van der Waals surface area contributed by atoms with E-state index in [2.05, 4.69) is 29.6 Å². The fourth-order valence-corrected chi connectivity index (χ4v) is 3.49. The number of carbonyl (C=O) groups is 1. The smallest absolute Gasteiger partial charge is 0.266 e. The van der Waals surface area contributed by atoms with Gasteiger partial charge in [0.2, 0.25) is 0 Å². The fourth-order valence-electron chi connectivity index (χ4n) is 3.31. The Bertz CT molecular complexity index is 1330. The van der Waals surface area contributed by atoms with E-state index < -0.39 is 5.91 Å². The number of halogens is 1. The van der Waals surface area contributed by atoms with Crippen LogP contribution in [0, 0.1) is 11.3 Å². The van der Waals surface area contributed by atoms with Crippen molar-refractivity contribution in [3.63, 3.8) is 0 Å². The van der Waals surface area contributed by atoms with Gasteiger partial charge in [0.05, 0.1) is 10.7 Å². The molecule has 1 amide bonds. The highest BCUT2D eigenvalue weighted by atomic mass is 35.5. The van der Waals surface area contributed by atoms with Gasteiger partial charge in [-0.2, -0.15) is 5.26 Å². The van der Waals surface area contributed by atoms with Crippen molar-refractivity contribution in [3.05, 3.63) is 113 Å². The summed E-state index contributed by atoms with van der Waals surface area (Å²) in [7, 11) is 0. The fraction of sp³-hybridized carbons (Fsp3) is 0.0370. The van der Waals surface area contributed by atoms with E-state index in [0.29, 0.717) is 28.6 Å². The van der Waals surface area contributed by atoms with Crippen LogP contribution >= 0.6 is 11.6 Å². The van der Waals surface area contributed by atoms with Crippen LogP contribution in [0.25, 0.3) is 16.8 Å². The number of para-hydroxylation sites is 1. The zero-order valence-electron chi connectivity index (χ0n) is 17.1. The summed E-state index contributed by atoms with van der Waals surface area (Å²) in [5, 5.41) is 14.8. The maximum atomic E-state index is 12.4. The van der Waals surface area contributed by atoms with Gasteiger partial charge < -0.3 is 10.1 Å². The van der Waals surface area contributed by atoms with Gasteiger partial charge in [0, 0.05) is 0 Å². The molecule has 4 rings (SSSR count). The molecule has 0 aromatic heterocycles. The Hall–Kier alpha value is -4.07. The highest BCUT2D eigenvalue weighted by Crippen LogP contribution is 2.23. The average Bonchev–Trinajstić information content (AvgIpc) is 2.83. The lowest BCUT2D eigenvalue weighted by Crippen LogP contribution is -2.13. The number of ether oxygens (including phenoxy) is 1. The Morgan fingerprint density at radius 2 is 1.66 bits per heavy atom. The Morgan fingerprint density at radius 1 is 0.938 bits per heavy atom. The monoisotopic (exact) mass is 438 g/mol. The van der Waals surface area contributed by atoms with Crippen molar-refractivity contribution in [1.29, 1.82) is 5.26 Å². The quantitative estimate of drug-likeness (QED) is 0.272. The molecule has 0 aliphatic carbocycles. The molecule has 32 heavy (non-hydrogen) atoms. The van der Waals surface area contributed by atoms with Gasteiger partial charge in [0.15, 0.2) is 0 Å². The second-order valence-electron chi connectivity index (χ2n) is 7.10. The lowest BCUT2D eigenvalue weighted by Gasteiger charge is -2.09. The largest absolute Gasteiger partial charge is 0.489 e. The average molecular weight is 439 g/mol. The minimum absolute atomic E-state index is 0.0191. The zero-order valence-corrected chi connectivity index (χ0v) is 17.8. The van der Waals surface area contributed by atoms with E-state index in [1.165, 1.54) is 11.5 Å². The minimum Gasteiger partial charge on any atom is -0.489 e. The van der Waals surface area contributed by atoms with Crippen LogP contribution in [0.3, 0.4) is 0 Å². The van der Waals surface area contributed by atoms with E-state index in [4.69, 9.17) is 16.3 Å². The van der Waals surface area contributed by atoms with E-state index in [9.17, 15) is 10.1 Å². The van der Waals surface area contributed by atoms with Crippen molar-refractivity contribution in [2.75, 3.05) is 5.32 Å². The number of nitriles is 1. The number of carbonyl (C=O) groups excluding carboxylic acids is 1. The van der Waals surface area contributed by atoms with Crippen LogP contribution in [-0.4, -0.2) is 5.91 Å². The Kier molecular flexibility index (Phi) is 6.50. The topological polar surface area (TPSA) is 62.1 Å². The summed E-state index contributed by atoms with van der Waals surface area (Å²) < 4.78 is 5.95. The number of amides is 1. The second-order valence-corrected chi connectivity index (χ2v) is 7.51. The number of nitrogens with zero attached hydrogens (tertiary/aromatic N) is 1. The number of rotatable bonds is 6. The first-order valence-corrected chi connectivity index (χ1v) is 10.4. The van der Waals surface area contributed by atoms with Gasteiger partial charge >= 0.3 is 0 Å². The molecule has 4 nitrogen and oxygen atoms in total. The summed E-state index contributed by atoms with van der Waals surface area (Å²) in [6, 6.07) is 30.4. The van der Waals surface area contributed by atoms with Crippen LogP contribution in [0.2, 0.25) is 5.02 Å². The molecular weight excluding hydrogens is 420 g/mol. The summed E-state index contributed by atoms with van der Waals surface area (Å²) >= 11 is 6.07. The van der Waals surface area contributed by atoms with Gasteiger partial charge in [0.1, 0.15) is 24.0 Å². The van der Waals surface area contributed by atoms with E-state index in [1.807, 2.05) is 36.4 Å². The number of nitrogens with one attached hydrogen (secondary N) is 1. The maximum Gasteiger partial charge on any atom is 0.266 e. The molecule has 0 heterocycles. The third-order valence-electron chi connectivity index (χ3n) is 4.95. The van der Waals surface area contributed by atoms with Gasteiger partial charge in [0.25, 0.3) is 5.91 Å². The molecule has 156 valence electrons. The molecule has 0 aliphatic rings. The first-order chi connectivity index (χ1) is 15.6. The van der Waals surface area contributed by atoms with E-state index in [1.54, 1.807) is 36.4 Å². The molecule has 0 aliphatic heterocycles. The van der Waals surface area contributed by atoms with Crippen molar-refractivity contribution in [1.82, 2.24) is 0 Å². The first-order valence-electron chi connectivity index (χ1n) is 10.0. The standard InChI is InChI=1S/C27H19ClN2O2/c28-25-10-3-4-11-26(25)30-27(31)22(17-29)16-19-12-14-23(15-13-19)32-18-21-8-5-7-20-6-1-2-9-24(20)21/h1-16H,18H2,(H,30,31)/b22-16+. The summed E-state index contributed by atoms with van der Waals surface area (Å²) in [6.07, 6.45) is 1.53. The molecule has 0 saturated carbocycles. The molecular formula is C27H19ClN2O2.